The number of carboxylic acid groups (broad SMARTS) is 1. The Hall–Kier alpha value is -2.79. The molecule has 3 nitrogen and oxygen atoms in total. The minimum atomic E-state index is -1.07. The number of aromatic carboxylic acids is 1. The number of rotatable bonds is 4. The van der Waals surface area contributed by atoms with Gasteiger partial charge in [0, 0.05) is 31.5 Å². The monoisotopic (exact) mass is 452 g/mol. The largest absolute Gasteiger partial charge is 0.478 e. The van der Waals surface area contributed by atoms with Crippen LogP contribution in [0.15, 0.2) is 83.8 Å². The van der Waals surface area contributed by atoms with Crippen molar-refractivity contribution in [3.05, 3.63) is 100 Å². The number of thioether (sulfide) groups is 1. The third-order valence-corrected chi connectivity index (χ3v) is 6.17. The molecule has 0 aliphatic rings. The Morgan fingerprint density at radius 2 is 1.53 bits per heavy atom. The first kappa shape index (κ1) is 20.5. The van der Waals surface area contributed by atoms with E-state index >= 15 is 0 Å². The van der Waals surface area contributed by atoms with Gasteiger partial charge in [0.1, 0.15) is 0 Å². The molecular weight excluding hydrogens is 439 g/mol. The van der Waals surface area contributed by atoms with Gasteiger partial charge in [0.15, 0.2) is 0 Å². The second-order valence-electron chi connectivity index (χ2n) is 6.53. The highest BCUT2D eigenvalue weighted by atomic mass is 35.5. The van der Waals surface area contributed by atoms with Crippen LogP contribution in [0.4, 0.5) is 0 Å². The maximum absolute atomic E-state index is 12.9. The molecule has 0 bridgehead atoms. The van der Waals surface area contributed by atoms with Crippen LogP contribution >= 0.6 is 35.0 Å². The van der Waals surface area contributed by atoms with E-state index in [1.165, 1.54) is 6.07 Å². The predicted octanol–water partition coefficient (Wildman–Crippen LogP) is 7.44. The van der Waals surface area contributed by atoms with Gasteiger partial charge in [-0.1, -0.05) is 71.7 Å². The van der Waals surface area contributed by atoms with E-state index in [0.29, 0.717) is 31.6 Å². The number of hydrogen-bond acceptors (Lipinski definition) is 3. The molecule has 0 aliphatic heterocycles. The summed E-state index contributed by atoms with van der Waals surface area (Å²) in [6.45, 7) is 0. The first-order valence-electron chi connectivity index (χ1n) is 8.97. The molecule has 0 aromatic heterocycles. The highest BCUT2D eigenvalue weighted by Gasteiger charge is 2.19. The average Bonchev–Trinajstić information content (AvgIpc) is 2.73. The summed E-state index contributed by atoms with van der Waals surface area (Å²) in [5.41, 5.74) is 1.69. The highest BCUT2D eigenvalue weighted by Crippen LogP contribution is 2.41. The maximum Gasteiger partial charge on any atom is 0.336 e. The Morgan fingerprint density at radius 1 is 0.833 bits per heavy atom. The lowest BCUT2D eigenvalue weighted by atomic mass is 9.94. The average molecular weight is 453 g/mol. The molecule has 0 amide bonds. The van der Waals surface area contributed by atoms with Gasteiger partial charge >= 0.3 is 5.97 Å². The molecular formula is C24H14Cl2O3S. The van der Waals surface area contributed by atoms with E-state index in [0.717, 1.165) is 22.5 Å². The molecule has 0 aliphatic carbocycles. The third-order valence-electron chi connectivity index (χ3n) is 4.64. The van der Waals surface area contributed by atoms with Gasteiger partial charge < -0.3 is 5.11 Å². The zero-order chi connectivity index (χ0) is 21.3. The standard InChI is InChI=1S/C24H14Cl2O3S/c25-16-8-1-7-15(13-16)24(29)30-20-12-3-6-14-5-2-9-17(21(14)20)22-18(23(27)28)10-4-11-19(22)26/h1-13H,(H,27,28). The molecule has 0 radical (unpaired) electrons. The van der Waals surface area contributed by atoms with E-state index in [1.54, 1.807) is 36.4 Å². The van der Waals surface area contributed by atoms with Crippen molar-refractivity contribution in [2.24, 2.45) is 0 Å². The summed E-state index contributed by atoms with van der Waals surface area (Å²) in [5.74, 6) is -1.07. The molecule has 0 atom stereocenters. The molecule has 0 saturated heterocycles. The van der Waals surface area contributed by atoms with Crippen LogP contribution in [-0.2, 0) is 0 Å². The van der Waals surface area contributed by atoms with E-state index in [-0.39, 0.29) is 10.7 Å². The summed E-state index contributed by atoms with van der Waals surface area (Å²) >= 11 is 13.5. The summed E-state index contributed by atoms with van der Waals surface area (Å²) in [6, 6.07) is 22.8. The normalized spacial score (nSPS) is 10.9. The van der Waals surface area contributed by atoms with Crippen molar-refractivity contribution in [1.82, 2.24) is 0 Å². The molecule has 4 rings (SSSR count). The second kappa shape index (κ2) is 8.52. The Labute approximate surface area is 187 Å². The fourth-order valence-corrected chi connectivity index (χ4v) is 4.74. The lowest BCUT2D eigenvalue weighted by Crippen LogP contribution is -2.01. The Balaban J connectivity index is 1.91. The van der Waals surface area contributed by atoms with E-state index < -0.39 is 5.97 Å². The molecule has 148 valence electrons. The number of fused-ring (bicyclic) bond motifs is 1. The lowest BCUT2D eigenvalue weighted by molar-refractivity contribution is 0.0697. The number of hydrogen-bond donors (Lipinski definition) is 1. The number of carbonyl (C=O) groups is 2. The van der Waals surface area contributed by atoms with Crippen molar-refractivity contribution in [3.63, 3.8) is 0 Å². The first-order chi connectivity index (χ1) is 14.5. The van der Waals surface area contributed by atoms with Gasteiger partial charge in [-0.15, -0.1) is 0 Å². The van der Waals surface area contributed by atoms with Crippen LogP contribution in [0.3, 0.4) is 0 Å². The zero-order valence-electron chi connectivity index (χ0n) is 15.4. The van der Waals surface area contributed by atoms with Crippen molar-refractivity contribution in [3.8, 4) is 11.1 Å². The molecule has 4 aromatic rings. The summed E-state index contributed by atoms with van der Waals surface area (Å²) in [6.07, 6.45) is 0. The minimum absolute atomic E-state index is 0.107. The molecule has 0 unspecified atom stereocenters. The van der Waals surface area contributed by atoms with Crippen LogP contribution in [0.2, 0.25) is 10.0 Å². The highest BCUT2D eigenvalue weighted by molar-refractivity contribution is 8.14. The Kier molecular flexibility index (Phi) is 5.82. The molecule has 0 saturated carbocycles. The van der Waals surface area contributed by atoms with Crippen molar-refractivity contribution < 1.29 is 14.7 Å². The van der Waals surface area contributed by atoms with E-state index in [9.17, 15) is 14.7 Å². The number of benzene rings is 4. The number of halogens is 2. The lowest BCUT2D eigenvalue weighted by Gasteiger charge is -2.14. The van der Waals surface area contributed by atoms with E-state index in [1.807, 2.05) is 36.4 Å². The van der Waals surface area contributed by atoms with Gasteiger partial charge in [0.05, 0.1) is 5.56 Å². The van der Waals surface area contributed by atoms with Crippen LogP contribution < -0.4 is 0 Å². The summed E-state index contributed by atoms with van der Waals surface area (Å²) in [7, 11) is 0. The van der Waals surface area contributed by atoms with Crippen molar-refractivity contribution in [2.75, 3.05) is 0 Å². The molecule has 6 heteroatoms. The fraction of sp³-hybridized carbons (Fsp3) is 0. The van der Waals surface area contributed by atoms with Gasteiger partial charge in [0.25, 0.3) is 0 Å². The molecule has 0 heterocycles. The van der Waals surface area contributed by atoms with Crippen LogP contribution in [0.25, 0.3) is 21.9 Å². The van der Waals surface area contributed by atoms with Crippen molar-refractivity contribution >= 4 is 56.8 Å². The molecule has 4 aromatic carbocycles. The minimum Gasteiger partial charge on any atom is -0.478 e. The van der Waals surface area contributed by atoms with Crippen LogP contribution in [-0.4, -0.2) is 16.2 Å². The SMILES string of the molecule is O=C(Sc1cccc2cccc(-c3c(Cl)cccc3C(=O)O)c12)c1cccc(Cl)c1. The fourth-order valence-electron chi connectivity index (χ4n) is 3.35. The molecule has 0 spiro atoms. The van der Waals surface area contributed by atoms with Gasteiger partial charge in [-0.3, -0.25) is 4.79 Å². The van der Waals surface area contributed by atoms with Gasteiger partial charge in [-0.25, -0.2) is 4.79 Å². The Bertz CT molecular complexity index is 1300. The summed E-state index contributed by atoms with van der Waals surface area (Å²) in [5, 5.41) is 12.0. The molecule has 0 fully saturated rings. The van der Waals surface area contributed by atoms with E-state index in [2.05, 4.69) is 0 Å². The van der Waals surface area contributed by atoms with E-state index in [4.69, 9.17) is 23.2 Å². The Morgan fingerprint density at radius 3 is 2.27 bits per heavy atom. The van der Waals surface area contributed by atoms with Gasteiger partial charge in [0.2, 0.25) is 5.12 Å². The van der Waals surface area contributed by atoms with Crippen molar-refractivity contribution in [2.45, 2.75) is 4.90 Å². The smallest absolute Gasteiger partial charge is 0.336 e. The van der Waals surface area contributed by atoms with Gasteiger partial charge in [-0.2, -0.15) is 0 Å². The topological polar surface area (TPSA) is 54.4 Å². The number of carbonyl (C=O) groups excluding carboxylic acids is 1. The quantitative estimate of drug-likeness (QED) is 0.326. The molecule has 1 N–H and O–H groups in total. The van der Waals surface area contributed by atoms with Crippen LogP contribution in [0, 0.1) is 0 Å². The predicted molar refractivity (Wildman–Crippen MR) is 123 cm³/mol. The van der Waals surface area contributed by atoms with Crippen molar-refractivity contribution in [1.29, 1.82) is 0 Å². The third kappa shape index (κ3) is 3.94. The van der Waals surface area contributed by atoms with Crippen LogP contribution in [0.1, 0.15) is 20.7 Å². The maximum atomic E-state index is 12.9. The second-order valence-corrected chi connectivity index (χ2v) is 8.39. The van der Waals surface area contributed by atoms with Crippen LogP contribution in [0.5, 0.6) is 0 Å². The van der Waals surface area contributed by atoms with Gasteiger partial charge in [-0.05, 0) is 53.0 Å². The summed E-state index contributed by atoms with van der Waals surface area (Å²) in [4.78, 5) is 25.4. The molecule has 30 heavy (non-hydrogen) atoms. The first-order valence-corrected chi connectivity index (χ1v) is 10.5. The zero-order valence-corrected chi connectivity index (χ0v) is 17.8. The number of carboxylic acids is 1. The summed E-state index contributed by atoms with van der Waals surface area (Å²) < 4.78 is 0.